The molecule has 0 bridgehead atoms. The molecule has 1 fully saturated rings. The van der Waals surface area contributed by atoms with Crippen LogP contribution in [0.3, 0.4) is 0 Å². The zero-order valence-corrected chi connectivity index (χ0v) is 11.1. The molecule has 0 heterocycles. The van der Waals surface area contributed by atoms with Crippen molar-refractivity contribution in [2.75, 3.05) is 7.05 Å². The molecule has 1 aliphatic rings. The minimum Gasteiger partial charge on any atom is -0.317 e. The number of hydrogen-bond donors (Lipinski definition) is 1. The van der Waals surface area contributed by atoms with Crippen LogP contribution in [0.4, 0.5) is 0 Å². The molecule has 0 amide bonds. The van der Waals surface area contributed by atoms with Gasteiger partial charge >= 0.3 is 0 Å². The van der Waals surface area contributed by atoms with Crippen LogP contribution >= 0.6 is 0 Å². The van der Waals surface area contributed by atoms with Gasteiger partial charge < -0.3 is 5.32 Å². The van der Waals surface area contributed by atoms with E-state index >= 15 is 0 Å². The molecule has 0 aromatic heterocycles. The summed E-state index contributed by atoms with van der Waals surface area (Å²) < 4.78 is 0. The van der Waals surface area contributed by atoms with Crippen molar-refractivity contribution in [2.24, 2.45) is 11.3 Å². The first kappa shape index (κ1) is 13.0. The SMILES string of the molecule is CNC(CC(C)(C)C)C1CCCCCC1. The van der Waals surface area contributed by atoms with Gasteiger partial charge in [-0.2, -0.15) is 0 Å². The van der Waals surface area contributed by atoms with Gasteiger partial charge in [0.15, 0.2) is 0 Å². The molecule has 1 unspecified atom stereocenters. The highest BCUT2D eigenvalue weighted by Gasteiger charge is 2.25. The zero-order chi connectivity index (χ0) is 11.3. The summed E-state index contributed by atoms with van der Waals surface area (Å²) in [5.41, 5.74) is 0.458. The quantitative estimate of drug-likeness (QED) is 0.696. The van der Waals surface area contributed by atoms with Crippen molar-refractivity contribution < 1.29 is 0 Å². The van der Waals surface area contributed by atoms with E-state index in [1.165, 1.54) is 44.9 Å². The van der Waals surface area contributed by atoms with Gasteiger partial charge in [-0.25, -0.2) is 0 Å². The third-order valence-corrected chi connectivity index (χ3v) is 3.67. The van der Waals surface area contributed by atoms with E-state index in [9.17, 15) is 0 Å². The minimum atomic E-state index is 0.458. The van der Waals surface area contributed by atoms with Gasteiger partial charge in [0.1, 0.15) is 0 Å². The zero-order valence-electron chi connectivity index (χ0n) is 11.1. The second kappa shape index (κ2) is 5.89. The highest BCUT2D eigenvalue weighted by molar-refractivity contribution is 4.81. The topological polar surface area (TPSA) is 12.0 Å². The first-order chi connectivity index (χ1) is 7.03. The Kier molecular flexibility index (Phi) is 5.11. The predicted octanol–water partition coefficient (Wildman–Crippen LogP) is 3.98. The van der Waals surface area contributed by atoms with Crippen molar-refractivity contribution in [3.63, 3.8) is 0 Å². The highest BCUT2D eigenvalue weighted by Crippen LogP contribution is 2.31. The maximum absolute atomic E-state index is 3.56. The average Bonchev–Trinajstić information content (AvgIpc) is 2.40. The maximum atomic E-state index is 3.56. The van der Waals surface area contributed by atoms with Gasteiger partial charge in [0.2, 0.25) is 0 Å². The summed E-state index contributed by atoms with van der Waals surface area (Å²) >= 11 is 0. The summed E-state index contributed by atoms with van der Waals surface area (Å²) in [6, 6.07) is 0.739. The second-order valence-corrected chi connectivity index (χ2v) is 6.41. The van der Waals surface area contributed by atoms with E-state index in [4.69, 9.17) is 0 Å². The molecule has 0 aromatic rings. The van der Waals surface area contributed by atoms with Gasteiger partial charge in [-0.05, 0) is 37.6 Å². The molecule has 0 aliphatic heterocycles. The van der Waals surface area contributed by atoms with E-state index in [0.717, 1.165) is 12.0 Å². The summed E-state index contributed by atoms with van der Waals surface area (Å²) in [4.78, 5) is 0. The molecule has 1 nitrogen and oxygen atoms in total. The molecule has 0 saturated heterocycles. The van der Waals surface area contributed by atoms with Crippen LogP contribution in [-0.2, 0) is 0 Å². The molecular formula is C14H29N. The average molecular weight is 211 g/mol. The first-order valence-electron chi connectivity index (χ1n) is 6.70. The Labute approximate surface area is 96.0 Å². The molecule has 1 saturated carbocycles. The Hall–Kier alpha value is -0.0400. The molecule has 1 aliphatic carbocycles. The fourth-order valence-electron chi connectivity index (χ4n) is 2.88. The smallest absolute Gasteiger partial charge is 0.00973 e. The first-order valence-corrected chi connectivity index (χ1v) is 6.70. The van der Waals surface area contributed by atoms with Gasteiger partial charge in [-0.3, -0.25) is 0 Å². The van der Waals surface area contributed by atoms with Crippen LogP contribution in [0.25, 0.3) is 0 Å². The molecule has 1 rings (SSSR count). The van der Waals surface area contributed by atoms with Crippen LogP contribution in [0.15, 0.2) is 0 Å². The van der Waals surface area contributed by atoms with Crippen molar-refractivity contribution in [2.45, 2.75) is 71.8 Å². The van der Waals surface area contributed by atoms with Crippen LogP contribution in [-0.4, -0.2) is 13.1 Å². The van der Waals surface area contributed by atoms with Crippen molar-refractivity contribution in [1.29, 1.82) is 0 Å². The molecule has 0 spiro atoms. The van der Waals surface area contributed by atoms with Crippen molar-refractivity contribution >= 4 is 0 Å². The number of nitrogens with one attached hydrogen (secondary N) is 1. The summed E-state index contributed by atoms with van der Waals surface area (Å²) in [5.74, 6) is 0.928. The van der Waals surface area contributed by atoms with Crippen molar-refractivity contribution in [3.05, 3.63) is 0 Å². The second-order valence-electron chi connectivity index (χ2n) is 6.41. The Morgan fingerprint density at radius 2 is 1.60 bits per heavy atom. The van der Waals surface area contributed by atoms with E-state index in [1.54, 1.807) is 0 Å². The van der Waals surface area contributed by atoms with Gasteiger partial charge in [-0.15, -0.1) is 0 Å². The third-order valence-electron chi connectivity index (χ3n) is 3.67. The summed E-state index contributed by atoms with van der Waals surface area (Å²) in [5, 5.41) is 3.56. The monoisotopic (exact) mass is 211 g/mol. The van der Waals surface area contributed by atoms with E-state index in [2.05, 4.69) is 33.1 Å². The lowest BCUT2D eigenvalue weighted by atomic mass is 9.80. The minimum absolute atomic E-state index is 0.458. The Balaban J connectivity index is 2.48. The standard InChI is InChI=1S/C14H29N/c1-14(2,3)11-13(15-4)12-9-7-5-6-8-10-12/h12-13,15H,5-11H2,1-4H3. The normalized spacial score (nSPS) is 22.4. The summed E-state index contributed by atoms with van der Waals surface area (Å²) in [6.07, 6.45) is 10.0. The summed E-state index contributed by atoms with van der Waals surface area (Å²) in [7, 11) is 2.14. The van der Waals surface area contributed by atoms with E-state index in [0.29, 0.717) is 5.41 Å². The number of hydrogen-bond acceptors (Lipinski definition) is 1. The molecule has 1 atom stereocenters. The summed E-state index contributed by atoms with van der Waals surface area (Å²) in [6.45, 7) is 7.07. The Bertz CT molecular complexity index is 161. The lowest BCUT2D eigenvalue weighted by molar-refractivity contribution is 0.239. The van der Waals surface area contributed by atoms with Crippen LogP contribution in [0, 0.1) is 11.3 Å². The van der Waals surface area contributed by atoms with Crippen molar-refractivity contribution in [3.8, 4) is 0 Å². The number of rotatable bonds is 3. The molecule has 1 heteroatoms. The fraction of sp³-hybridized carbons (Fsp3) is 1.00. The third kappa shape index (κ3) is 5.01. The highest BCUT2D eigenvalue weighted by atomic mass is 14.9. The van der Waals surface area contributed by atoms with Gasteiger partial charge in [-0.1, -0.05) is 46.5 Å². The van der Waals surface area contributed by atoms with Crippen LogP contribution < -0.4 is 5.32 Å². The van der Waals surface area contributed by atoms with Gasteiger partial charge in [0.05, 0.1) is 0 Å². The van der Waals surface area contributed by atoms with Crippen LogP contribution in [0.2, 0.25) is 0 Å². The molecular weight excluding hydrogens is 182 g/mol. The Morgan fingerprint density at radius 3 is 2.00 bits per heavy atom. The predicted molar refractivity (Wildman–Crippen MR) is 68.1 cm³/mol. The van der Waals surface area contributed by atoms with E-state index < -0.39 is 0 Å². The van der Waals surface area contributed by atoms with E-state index in [-0.39, 0.29) is 0 Å². The lowest BCUT2D eigenvalue weighted by Gasteiger charge is -2.31. The van der Waals surface area contributed by atoms with Gasteiger partial charge in [0.25, 0.3) is 0 Å². The van der Waals surface area contributed by atoms with Crippen molar-refractivity contribution in [1.82, 2.24) is 5.32 Å². The lowest BCUT2D eigenvalue weighted by Crippen LogP contribution is -2.36. The van der Waals surface area contributed by atoms with Crippen LogP contribution in [0.1, 0.15) is 65.7 Å². The largest absolute Gasteiger partial charge is 0.317 e. The molecule has 1 N–H and O–H groups in total. The van der Waals surface area contributed by atoms with Gasteiger partial charge in [0, 0.05) is 6.04 Å². The van der Waals surface area contributed by atoms with E-state index in [1.807, 2.05) is 0 Å². The fourth-order valence-corrected chi connectivity index (χ4v) is 2.88. The molecule has 90 valence electrons. The maximum Gasteiger partial charge on any atom is 0.00973 e. The molecule has 0 radical (unpaired) electrons. The molecule has 0 aromatic carbocycles. The van der Waals surface area contributed by atoms with Crippen LogP contribution in [0.5, 0.6) is 0 Å². The molecule has 15 heavy (non-hydrogen) atoms. The Morgan fingerprint density at radius 1 is 1.07 bits per heavy atom.